The molecule has 2 aromatic rings. The van der Waals surface area contributed by atoms with Gasteiger partial charge in [-0.05, 0) is 36.4 Å². The summed E-state index contributed by atoms with van der Waals surface area (Å²) in [5.74, 6) is -0.271. The van der Waals surface area contributed by atoms with Crippen molar-refractivity contribution in [1.82, 2.24) is 10.2 Å². The Kier molecular flexibility index (Phi) is 4.91. The maximum atomic E-state index is 12.5. The molecule has 0 spiro atoms. The number of anilines is 2. The topological polar surface area (TPSA) is 105 Å². The van der Waals surface area contributed by atoms with Crippen molar-refractivity contribution in [3.05, 3.63) is 28.8 Å². The van der Waals surface area contributed by atoms with Crippen molar-refractivity contribution >= 4 is 55.0 Å². The van der Waals surface area contributed by atoms with Crippen LogP contribution in [0, 0.1) is 0 Å². The number of fused-ring (bicyclic) bond motifs is 3. The van der Waals surface area contributed by atoms with Crippen LogP contribution in [0.1, 0.15) is 35.1 Å². The molecule has 3 heterocycles. The van der Waals surface area contributed by atoms with Gasteiger partial charge in [0.05, 0.1) is 11.4 Å². The molecule has 0 fully saturated rings. The van der Waals surface area contributed by atoms with Crippen molar-refractivity contribution in [1.29, 1.82) is 0 Å². The van der Waals surface area contributed by atoms with Gasteiger partial charge in [-0.2, -0.15) is 0 Å². The molecule has 0 bridgehead atoms. The molecule has 0 aliphatic carbocycles. The van der Waals surface area contributed by atoms with Crippen molar-refractivity contribution in [3.8, 4) is 0 Å². The summed E-state index contributed by atoms with van der Waals surface area (Å²) >= 11 is 2.65. The van der Waals surface area contributed by atoms with Gasteiger partial charge in [0.1, 0.15) is 5.01 Å². The van der Waals surface area contributed by atoms with E-state index in [1.807, 2.05) is 11.0 Å². The Bertz CT molecular complexity index is 1030. The largest absolute Gasteiger partial charge is 0.318 e. The fraction of sp³-hybridized carbons (Fsp3) is 0.375. The highest BCUT2D eigenvalue weighted by atomic mass is 32.2. The lowest BCUT2D eigenvalue weighted by molar-refractivity contribution is 0.102. The lowest BCUT2D eigenvalue weighted by Crippen LogP contribution is -2.35. The minimum absolute atomic E-state index is 0.00382. The fourth-order valence-corrected chi connectivity index (χ4v) is 5.85. The molecule has 1 N–H and O–H groups in total. The normalized spacial score (nSPS) is 17.2. The van der Waals surface area contributed by atoms with Gasteiger partial charge < -0.3 is 4.90 Å². The Morgan fingerprint density at radius 2 is 2.19 bits per heavy atom. The second-order valence-electron chi connectivity index (χ2n) is 6.15. The highest BCUT2D eigenvalue weighted by molar-refractivity contribution is 8.15. The van der Waals surface area contributed by atoms with Gasteiger partial charge in [-0.1, -0.05) is 24.7 Å². The van der Waals surface area contributed by atoms with Gasteiger partial charge in [-0.25, -0.2) is 8.42 Å². The molecule has 142 valence electrons. The van der Waals surface area contributed by atoms with Crippen molar-refractivity contribution in [2.24, 2.45) is 4.40 Å². The van der Waals surface area contributed by atoms with Crippen molar-refractivity contribution in [3.63, 3.8) is 0 Å². The zero-order valence-corrected chi connectivity index (χ0v) is 17.0. The monoisotopic (exact) mass is 423 g/mol. The molecule has 1 aromatic heterocycles. The predicted octanol–water partition coefficient (Wildman–Crippen LogP) is 2.74. The molecule has 0 saturated heterocycles. The second kappa shape index (κ2) is 7.21. The van der Waals surface area contributed by atoms with E-state index in [0.29, 0.717) is 22.4 Å². The van der Waals surface area contributed by atoms with Crippen LogP contribution in [-0.4, -0.2) is 42.0 Å². The number of thioether (sulfide) groups is 1. The van der Waals surface area contributed by atoms with E-state index in [4.69, 9.17) is 0 Å². The smallest absolute Gasteiger partial charge is 0.257 e. The third-order valence-corrected chi connectivity index (χ3v) is 7.37. The molecule has 0 unspecified atom stereocenters. The molecule has 1 aromatic carbocycles. The lowest BCUT2D eigenvalue weighted by atomic mass is 10.2. The van der Waals surface area contributed by atoms with Crippen LogP contribution in [0.5, 0.6) is 0 Å². The zero-order valence-electron chi connectivity index (χ0n) is 14.5. The lowest BCUT2D eigenvalue weighted by Gasteiger charge is -2.22. The van der Waals surface area contributed by atoms with Gasteiger partial charge in [-0.15, -0.1) is 14.6 Å². The Labute approximate surface area is 165 Å². The summed E-state index contributed by atoms with van der Waals surface area (Å²) in [5.41, 5.74) is 1.36. The minimum atomic E-state index is -3.39. The SMILES string of the molecule is CCCCc1nnc(NC(=O)c2ccc3c(c2)SC2=NS(=O)(=O)CCN23)s1. The van der Waals surface area contributed by atoms with E-state index < -0.39 is 10.0 Å². The van der Waals surface area contributed by atoms with Crippen LogP contribution < -0.4 is 10.2 Å². The maximum Gasteiger partial charge on any atom is 0.257 e. The first kappa shape index (κ1) is 18.4. The second-order valence-corrected chi connectivity index (χ2v) is 9.98. The van der Waals surface area contributed by atoms with E-state index in [0.717, 1.165) is 34.9 Å². The molecule has 2 aliphatic rings. The number of carbonyl (C=O) groups excluding carboxylic acids is 1. The summed E-state index contributed by atoms with van der Waals surface area (Å²) in [6.07, 6.45) is 2.98. The highest BCUT2D eigenvalue weighted by Gasteiger charge is 2.33. The summed E-state index contributed by atoms with van der Waals surface area (Å²) in [5, 5.41) is 12.7. The Hall–Kier alpha value is -1.98. The average molecular weight is 424 g/mol. The van der Waals surface area contributed by atoms with Crippen LogP contribution in [-0.2, 0) is 16.4 Å². The number of rotatable bonds is 5. The van der Waals surface area contributed by atoms with E-state index in [1.54, 1.807) is 12.1 Å². The Morgan fingerprint density at radius 3 is 3.00 bits per heavy atom. The zero-order chi connectivity index (χ0) is 19.0. The summed E-state index contributed by atoms with van der Waals surface area (Å²) in [6.45, 7) is 2.49. The van der Waals surface area contributed by atoms with Crippen LogP contribution in [0.2, 0.25) is 0 Å². The molecule has 4 rings (SSSR count). The van der Waals surface area contributed by atoms with Gasteiger partial charge in [0.25, 0.3) is 15.9 Å². The molecule has 0 saturated carbocycles. The van der Waals surface area contributed by atoms with Crippen LogP contribution in [0.4, 0.5) is 10.8 Å². The van der Waals surface area contributed by atoms with E-state index in [2.05, 4.69) is 26.8 Å². The first-order valence-electron chi connectivity index (χ1n) is 8.51. The van der Waals surface area contributed by atoms with Crippen LogP contribution in [0.15, 0.2) is 27.5 Å². The third kappa shape index (κ3) is 3.85. The number of benzene rings is 1. The van der Waals surface area contributed by atoms with Crippen molar-refractivity contribution < 1.29 is 13.2 Å². The number of nitrogens with zero attached hydrogens (tertiary/aromatic N) is 4. The van der Waals surface area contributed by atoms with Gasteiger partial charge in [0, 0.05) is 23.4 Å². The molecule has 27 heavy (non-hydrogen) atoms. The first-order valence-corrected chi connectivity index (χ1v) is 11.8. The molecule has 0 radical (unpaired) electrons. The number of carbonyl (C=O) groups is 1. The van der Waals surface area contributed by atoms with Crippen LogP contribution in [0.3, 0.4) is 0 Å². The van der Waals surface area contributed by atoms with Crippen molar-refractivity contribution in [2.45, 2.75) is 31.1 Å². The molecule has 8 nitrogen and oxygen atoms in total. The summed E-state index contributed by atoms with van der Waals surface area (Å²) in [6, 6.07) is 5.30. The molecule has 1 amide bonds. The standard InChI is InChI=1S/C16H17N5O3S3/c1-2-3-4-13-18-19-15(26-13)17-14(22)10-5-6-11-12(9-10)25-16-20-27(23,24)8-7-21(11)16/h5-6,9H,2-4,7-8H2,1H3,(H,17,19,22). The Morgan fingerprint density at radius 1 is 1.33 bits per heavy atom. The summed E-state index contributed by atoms with van der Waals surface area (Å²) < 4.78 is 27.2. The number of aryl methyl sites for hydroxylation is 1. The van der Waals surface area contributed by atoms with Crippen LogP contribution in [0.25, 0.3) is 0 Å². The van der Waals surface area contributed by atoms with Crippen molar-refractivity contribution in [2.75, 3.05) is 22.5 Å². The number of hydrogen-bond acceptors (Lipinski definition) is 8. The number of unbranched alkanes of at least 4 members (excludes halogenated alkanes) is 1. The number of nitrogens with one attached hydrogen (secondary N) is 1. The number of sulfonamides is 1. The maximum absolute atomic E-state index is 12.5. The summed E-state index contributed by atoms with van der Waals surface area (Å²) in [7, 11) is -3.39. The van der Waals surface area contributed by atoms with Gasteiger partial charge in [0.15, 0.2) is 5.17 Å². The van der Waals surface area contributed by atoms with Crippen LogP contribution >= 0.6 is 23.1 Å². The number of aromatic nitrogens is 2. The van der Waals surface area contributed by atoms with E-state index >= 15 is 0 Å². The number of amidine groups is 1. The molecule has 11 heteroatoms. The molecule has 2 aliphatic heterocycles. The molecular formula is C16H17N5O3S3. The van der Waals surface area contributed by atoms with Gasteiger partial charge in [0.2, 0.25) is 5.13 Å². The highest BCUT2D eigenvalue weighted by Crippen LogP contribution is 2.42. The third-order valence-electron chi connectivity index (χ3n) is 4.17. The predicted molar refractivity (Wildman–Crippen MR) is 107 cm³/mol. The van der Waals surface area contributed by atoms with E-state index in [9.17, 15) is 13.2 Å². The van der Waals surface area contributed by atoms with Gasteiger partial charge in [-0.3, -0.25) is 10.1 Å². The molecular weight excluding hydrogens is 406 g/mol. The molecule has 0 atom stereocenters. The van der Waals surface area contributed by atoms with E-state index in [-0.39, 0.29) is 11.7 Å². The summed E-state index contributed by atoms with van der Waals surface area (Å²) in [4.78, 5) is 15.2. The van der Waals surface area contributed by atoms with E-state index in [1.165, 1.54) is 23.1 Å². The Balaban J connectivity index is 1.50. The average Bonchev–Trinajstić information content (AvgIpc) is 3.21. The number of amides is 1. The van der Waals surface area contributed by atoms with Gasteiger partial charge >= 0.3 is 0 Å². The quantitative estimate of drug-likeness (QED) is 0.788. The minimum Gasteiger partial charge on any atom is -0.318 e. The number of hydrogen-bond donors (Lipinski definition) is 1. The first-order chi connectivity index (χ1) is 12.9. The fourth-order valence-electron chi connectivity index (χ4n) is 2.77.